The van der Waals surface area contributed by atoms with Crippen molar-refractivity contribution in [1.29, 1.82) is 0 Å². The fourth-order valence-corrected chi connectivity index (χ4v) is 3.92. The molecule has 148 valence electrons. The number of rotatable bonds is 3. The molecule has 1 aromatic heterocycles. The zero-order valence-electron chi connectivity index (χ0n) is 15.8. The summed E-state index contributed by atoms with van der Waals surface area (Å²) in [5.74, 6) is -3.18. The maximum absolute atomic E-state index is 14.1. The van der Waals surface area contributed by atoms with E-state index in [1.54, 1.807) is 31.3 Å². The van der Waals surface area contributed by atoms with E-state index < -0.39 is 29.1 Å². The number of Topliss-reactive ketones (excluding diaryl/α,β-unsaturated/α-hetero) is 1. The molecule has 7 heteroatoms. The van der Waals surface area contributed by atoms with E-state index in [9.17, 15) is 18.4 Å². The Morgan fingerprint density at radius 3 is 2.59 bits per heavy atom. The maximum atomic E-state index is 14.1. The topological polar surface area (TPSA) is 71.1 Å². The molecule has 29 heavy (non-hydrogen) atoms. The number of amides is 1. The van der Waals surface area contributed by atoms with Crippen molar-refractivity contribution in [2.45, 2.75) is 32.1 Å². The van der Waals surface area contributed by atoms with Crippen LogP contribution in [0.3, 0.4) is 0 Å². The van der Waals surface area contributed by atoms with Crippen molar-refractivity contribution < 1.29 is 18.4 Å². The van der Waals surface area contributed by atoms with Gasteiger partial charge in [-0.2, -0.15) is 0 Å². The number of para-hydroxylation sites is 1. The minimum atomic E-state index is -0.872. The van der Waals surface area contributed by atoms with Crippen LogP contribution in [0.4, 0.5) is 14.5 Å². The monoisotopic (exact) mass is 395 g/mol. The molecular weight excluding hydrogens is 376 g/mol. The fourth-order valence-electron chi connectivity index (χ4n) is 3.92. The Kier molecular flexibility index (Phi) is 4.96. The van der Waals surface area contributed by atoms with Gasteiger partial charge in [0.2, 0.25) is 0 Å². The first-order valence-corrected chi connectivity index (χ1v) is 9.37. The van der Waals surface area contributed by atoms with Crippen molar-refractivity contribution in [2.24, 2.45) is 0 Å². The van der Waals surface area contributed by atoms with Crippen LogP contribution in [0.2, 0.25) is 0 Å². The van der Waals surface area contributed by atoms with Crippen molar-refractivity contribution in [3.8, 4) is 0 Å². The van der Waals surface area contributed by atoms with E-state index in [1.807, 2.05) is 0 Å². The van der Waals surface area contributed by atoms with Crippen molar-refractivity contribution in [3.63, 3.8) is 0 Å². The molecule has 2 N–H and O–H groups in total. The number of pyridine rings is 1. The predicted octanol–water partition coefficient (Wildman–Crippen LogP) is 3.97. The standard InChI is InChI=1S/C22H19F2N3O2/c1-12-18(22(29)27-21-13(23)6-4-7-14(21)24)20(15-8-2-3-11-25-15)19-16(26-12)9-5-10-17(19)28/h2-4,6-8,11,20,26H,5,9-10H2,1H3,(H,27,29). The summed E-state index contributed by atoms with van der Waals surface area (Å²) in [5, 5.41) is 5.50. The molecule has 2 heterocycles. The predicted molar refractivity (Wildman–Crippen MR) is 104 cm³/mol. The first-order chi connectivity index (χ1) is 14.0. The van der Waals surface area contributed by atoms with Gasteiger partial charge in [0.05, 0.1) is 11.6 Å². The second-order valence-electron chi connectivity index (χ2n) is 7.07. The molecule has 1 aliphatic carbocycles. The number of nitrogens with zero attached hydrogens (tertiary/aromatic N) is 1. The second-order valence-corrected chi connectivity index (χ2v) is 7.07. The van der Waals surface area contributed by atoms with Gasteiger partial charge in [0, 0.05) is 35.2 Å². The molecule has 0 spiro atoms. The Hall–Kier alpha value is -3.35. The van der Waals surface area contributed by atoms with Crippen LogP contribution < -0.4 is 10.6 Å². The molecule has 4 rings (SSSR count). The van der Waals surface area contributed by atoms with Crippen LogP contribution in [-0.2, 0) is 9.59 Å². The van der Waals surface area contributed by atoms with Crippen LogP contribution in [0.1, 0.15) is 37.8 Å². The quantitative estimate of drug-likeness (QED) is 0.825. The number of hydrogen-bond acceptors (Lipinski definition) is 4. The number of halogens is 2. The first kappa shape index (κ1) is 19.0. The van der Waals surface area contributed by atoms with Crippen molar-refractivity contribution >= 4 is 17.4 Å². The lowest BCUT2D eigenvalue weighted by Gasteiger charge is -2.34. The molecule has 2 aromatic rings. The zero-order chi connectivity index (χ0) is 20.5. The highest BCUT2D eigenvalue weighted by Gasteiger charge is 2.39. The summed E-state index contributed by atoms with van der Waals surface area (Å²) >= 11 is 0. The Morgan fingerprint density at radius 2 is 1.90 bits per heavy atom. The van der Waals surface area contributed by atoms with Crippen molar-refractivity contribution in [3.05, 3.63) is 82.5 Å². The first-order valence-electron chi connectivity index (χ1n) is 9.37. The van der Waals surface area contributed by atoms with Crippen LogP contribution in [0.5, 0.6) is 0 Å². The highest BCUT2D eigenvalue weighted by Crippen LogP contribution is 2.41. The minimum absolute atomic E-state index is 0.0516. The number of hydrogen-bond donors (Lipinski definition) is 2. The van der Waals surface area contributed by atoms with E-state index in [0.717, 1.165) is 24.3 Å². The largest absolute Gasteiger partial charge is 0.362 e. The smallest absolute Gasteiger partial charge is 0.254 e. The minimum Gasteiger partial charge on any atom is -0.362 e. The van der Waals surface area contributed by atoms with E-state index >= 15 is 0 Å². The Labute approximate surface area is 166 Å². The van der Waals surface area contributed by atoms with Gasteiger partial charge in [-0.15, -0.1) is 0 Å². The average Bonchev–Trinajstić information content (AvgIpc) is 2.70. The third-order valence-corrected chi connectivity index (χ3v) is 5.21. The average molecular weight is 395 g/mol. The number of dihydropyridines is 1. The summed E-state index contributed by atoms with van der Waals surface area (Å²) in [4.78, 5) is 30.3. The molecule has 1 amide bonds. The number of carbonyl (C=O) groups is 2. The van der Waals surface area contributed by atoms with E-state index in [0.29, 0.717) is 29.8 Å². The third-order valence-electron chi connectivity index (χ3n) is 5.21. The van der Waals surface area contributed by atoms with Crippen molar-refractivity contribution in [1.82, 2.24) is 10.3 Å². The molecule has 0 saturated carbocycles. The molecule has 1 aromatic carbocycles. The number of aromatic nitrogens is 1. The molecule has 1 atom stereocenters. The number of anilines is 1. The lowest BCUT2D eigenvalue weighted by Crippen LogP contribution is -2.36. The van der Waals surface area contributed by atoms with Gasteiger partial charge < -0.3 is 10.6 Å². The van der Waals surface area contributed by atoms with Crippen LogP contribution in [0.25, 0.3) is 0 Å². The van der Waals surface area contributed by atoms with Gasteiger partial charge in [-0.1, -0.05) is 12.1 Å². The number of nitrogens with one attached hydrogen (secondary N) is 2. The molecule has 1 unspecified atom stereocenters. The third kappa shape index (κ3) is 3.44. The fraction of sp³-hybridized carbons (Fsp3) is 0.227. The lowest BCUT2D eigenvalue weighted by molar-refractivity contribution is -0.116. The van der Waals surface area contributed by atoms with E-state index in [4.69, 9.17) is 0 Å². The van der Waals surface area contributed by atoms with Gasteiger partial charge >= 0.3 is 0 Å². The Bertz CT molecular complexity index is 1040. The van der Waals surface area contributed by atoms with E-state index in [1.165, 1.54) is 6.07 Å². The highest BCUT2D eigenvalue weighted by molar-refractivity contribution is 6.09. The van der Waals surface area contributed by atoms with Gasteiger partial charge in [-0.05, 0) is 44.0 Å². The maximum Gasteiger partial charge on any atom is 0.254 e. The molecule has 0 radical (unpaired) electrons. The number of benzene rings is 1. The van der Waals surface area contributed by atoms with Gasteiger partial charge in [0.15, 0.2) is 5.78 Å². The summed E-state index contributed by atoms with van der Waals surface area (Å²) < 4.78 is 28.1. The number of allylic oxidation sites excluding steroid dienone is 3. The highest BCUT2D eigenvalue weighted by atomic mass is 19.1. The zero-order valence-corrected chi connectivity index (χ0v) is 15.8. The SMILES string of the molecule is CC1=C(C(=O)Nc2c(F)cccc2F)C(c2ccccn2)C2=C(CCCC2=O)N1. The number of ketones is 1. The Morgan fingerprint density at radius 1 is 1.14 bits per heavy atom. The van der Waals surface area contributed by atoms with Gasteiger partial charge in [0.1, 0.15) is 17.3 Å². The van der Waals surface area contributed by atoms with Gasteiger partial charge in [0.25, 0.3) is 5.91 Å². The van der Waals surface area contributed by atoms with Crippen LogP contribution in [0.15, 0.2) is 65.1 Å². The molecule has 0 fully saturated rings. The summed E-state index contributed by atoms with van der Waals surface area (Å²) in [6.07, 6.45) is 3.40. The summed E-state index contributed by atoms with van der Waals surface area (Å²) in [7, 11) is 0. The van der Waals surface area contributed by atoms with Gasteiger partial charge in [-0.3, -0.25) is 14.6 Å². The lowest BCUT2D eigenvalue weighted by atomic mass is 9.76. The Balaban J connectivity index is 1.80. The summed E-state index contributed by atoms with van der Waals surface area (Å²) in [6.45, 7) is 1.71. The van der Waals surface area contributed by atoms with E-state index in [2.05, 4.69) is 15.6 Å². The van der Waals surface area contributed by atoms with Gasteiger partial charge in [-0.25, -0.2) is 8.78 Å². The van der Waals surface area contributed by atoms with E-state index in [-0.39, 0.29) is 11.4 Å². The summed E-state index contributed by atoms with van der Waals surface area (Å²) in [6, 6.07) is 8.63. The summed E-state index contributed by atoms with van der Waals surface area (Å²) in [5.41, 5.74) is 2.05. The molecule has 5 nitrogen and oxygen atoms in total. The normalized spacial score (nSPS) is 19.0. The van der Waals surface area contributed by atoms with Crippen LogP contribution in [-0.4, -0.2) is 16.7 Å². The van der Waals surface area contributed by atoms with Crippen LogP contribution >= 0.6 is 0 Å². The number of carbonyl (C=O) groups excluding carboxylic acids is 2. The molecule has 0 bridgehead atoms. The van der Waals surface area contributed by atoms with Crippen molar-refractivity contribution in [2.75, 3.05) is 5.32 Å². The second kappa shape index (κ2) is 7.58. The molecule has 1 aliphatic heterocycles. The molecule has 2 aliphatic rings. The molecular formula is C22H19F2N3O2. The van der Waals surface area contributed by atoms with Crippen LogP contribution in [0, 0.1) is 11.6 Å². The molecule has 0 saturated heterocycles.